The summed E-state index contributed by atoms with van der Waals surface area (Å²) in [6, 6.07) is 1.82. The van der Waals surface area contributed by atoms with Crippen LogP contribution in [0.15, 0.2) is 21.6 Å². The minimum absolute atomic E-state index is 0.878. The van der Waals surface area contributed by atoms with E-state index in [1.807, 2.05) is 26.8 Å². The van der Waals surface area contributed by atoms with Crippen LogP contribution >= 0.6 is 12.6 Å². The monoisotopic (exact) mass is 144 g/mol. The van der Waals surface area contributed by atoms with Gasteiger partial charge < -0.3 is 4.42 Å². The normalized spacial score (nSPS) is 8.00. The van der Waals surface area contributed by atoms with E-state index in [0.29, 0.717) is 0 Å². The molecule has 52 valence electrons. The Kier molecular flexibility index (Phi) is 4.32. The van der Waals surface area contributed by atoms with Gasteiger partial charge >= 0.3 is 0 Å². The molecule has 9 heavy (non-hydrogen) atoms. The first-order chi connectivity index (χ1) is 4.30. The van der Waals surface area contributed by atoms with Crippen LogP contribution < -0.4 is 0 Å². The van der Waals surface area contributed by atoms with Gasteiger partial charge in [0.25, 0.3) is 0 Å². The summed E-state index contributed by atoms with van der Waals surface area (Å²) in [6.45, 7) is 5.88. The fourth-order valence-corrected chi connectivity index (χ4v) is 0.492. The second-order valence-electron chi connectivity index (χ2n) is 1.36. The highest BCUT2D eigenvalue weighted by Gasteiger charge is 1.90. The Balaban J connectivity index is 0.000000291. The number of rotatable bonds is 0. The second-order valence-corrected chi connectivity index (χ2v) is 1.84. The Hall–Kier alpha value is -0.370. The summed E-state index contributed by atoms with van der Waals surface area (Å²) in [7, 11) is 0. The van der Waals surface area contributed by atoms with Gasteiger partial charge in [0.05, 0.1) is 6.26 Å². The Bertz CT molecular complexity index is 141. The molecule has 0 bridgehead atoms. The first-order valence-electron chi connectivity index (χ1n) is 3.04. The third-order valence-corrected chi connectivity index (χ3v) is 1.30. The smallest absolute Gasteiger partial charge is 0.113 e. The van der Waals surface area contributed by atoms with Gasteiger partial charge in [-0.25, -0.2) is 0 Å². The second kappa shape index (κ2) is 4.50. The lowest BCUT2D eigenvalue weighted by Crippen LogP contribution is -1.57. The highest BCUT2D eigenvalue weighted by Crippen LogP contribution is 2.11. The maximum absolute atomic E-state index is 4.89. The summed E-state index contributed by atoms with van der Waals surface area (Å²) in [6.07, 6.45) is 1.62. The first-order valence-corrected chi connectivity index (χ1v) is 3.48. The average Bonchev–Trinajstić information content (AvgIpc) is 2.23. The molecular formula is C7H12OS. The Labute approximate surface area is 61.5 Å². The van der Waals surface area contributed by atoms with Crippen molar-refractivity contribution in [2.75, 3.05) is 0 Å². The van der Waals surface area contributed by atoms with E-state index in [1.54, 1.807) is 6.26 Å². The van der Waals surface area contributed by atoms with Crippen molar-refractivity contribution >= 4 is 12.6 Å². The summed E-state index contributed by atoms with van der Waals surface area (Å²) in [4.78, 5) is 0.917. The molecule has 0 aromatic carbocycles. The largest absolute Gasteiger partial charge is 0.468 e. The minimum atomic E-state index is 0.878. The zero-order valence-electron chi connectivity index (χ0n) is 6.01. The van der Waals surface area contributed by atoms with E-state index in [9.17, 15) is 0 Å². The molecule has 0 unspecified atom stereocenters. The van der Waals surface area contributed by atoms with Gasteiger partial charge in [-0.3, -0.25) is 0 Å². The van der Waals surface area contributed by atoms with Crippen molar-refractivity contribution in [3.63, 3.8) is 0 Å². The fraction of sp³-hybridized carbons (Fsp3) is 0.429. The number of furan rings is 1. The van der Waals surface area contributed by atoms with E-state index in [1.165, 1.54) is 0 Å². The SMILES string of the molecule is CC.Cc1occc1S. The van der Waals surface area contributed by atoms with E-state index in [-0.39, 0.29) is 0 Å². The molecule has 0 fully saturated rings. The molecular weight excluding hydrogens is 132 g/mol. The molecule has 0 atom stereocenters. The van der Waals surface area contributed by atoms with E-state index < -0.39 is 0 Å². The van der Waals surface area contributed by atoms with E-state index in [2.05, 4.69) is 12.6 Å². The number of aryl methyl sites for hydroxylation is 1. The predicted octanol–water partition coefficient (Wildman–Crippen LogP) is 2.90. The van der Waals surface area contributed by atoms with Crippen molar-refractivity contribution in [1.29, 1.82) is 0 Å². The van der Waals surface area contributed by atoms with Gasteiger partial charge in [0.1, 0.15) is 5.76 Å². The van der Waals surface area contributed by atoms with Gasteiger partial charge in [-0.2, -0.15) is 0 Å². The molecule has 0 aliphatic heterocycles. The fourth-order valence-electron chi connectivity index (χ4n) is 0.378. The summed E-state index contributed by atoms with van der Waals surface area (Å²) >= 11 is 4.06. The molecule has 0 amide bonds. The van der Waals surface area contributed by atoms with Crippen LogP contribution in [0.5, 0.6) is 0 Å². The molecule has 0 aliphatic carbocycles. The lowest BCUT2D eigenvalue weighted by atomic mass is 10.5. The Morgan fingerprint density at radius 1 is 1.44 bits per heavy atom. The van der Waals surface area contributed by atoms with E-state index >= 15 is 0 Å². The molecule has 0 saturated heterocycles. The molecule has 0 N–H and O–H groups in total. The van der Waals surface area contributed by atoms with Crippen molar-refractivity contribution < 1.29 is 4.42 Å². The van der Waals surface area contributed by atoms with Gasteiger partial charge in [-0.15, -0.1) is 12.6 Å². The van der Waals surface area contributed by atoms with E-state index in [4.69, 9.17) is 4.42 Å². The molecule has 0 saturated carbocycles. The molecule has 1 aromatic rings. The first kappa shape index (κ1) is 8.63. The van der Waals surface area contributed by atoms with Crippen molar-refractivity contribution in [2.45, 2.75) is 25.7 Å². The summed E-state index contributed by atoms with van der Waals surface area (Å²) in [5.74, 6) is 0.878. The third-order valence-electron chi connectivity index (χ3n) is 0.831. The van der Waals surface area contributed by atoms with E-state index in [0.717, 1.165) is 10.7 Å². The maximum Gasteiger partial charge on any atom is 0.113 e. The van der Waals surface area contributed by atoms with Crippen molar-refractivity contribution in [2.24, 2.45) is 0 Å². The molecule has 2 heteroatoms. The summed E-state index contributed by atoms with van der Waals surface area (Å²) in [5.41, 5.74) is 0. The van der Waals surface area contributed by atoms with Crippen LogP contribution in [0.25, 0.3) is 0 Å². The molecule has 0 aliphatic rings. The average molecular weight is 144 g/mol. The van der Waals surface area contributed by atoms with Crippen LogP contribution in [0, 0.1) is 6.92 Å². The highest BCUT2D eigenvalue weighted by atomic mass is 32.1. The molecule has 1 nitrogen and oxygen atoms in total. The summed E-state index contributed by atoms with van der Waals surface area (Å²) in [5, 5.41) is 0. The quantitative estimate of drug-likeness (QED) is 0.552. The number of thiol groups is 1. The molecule has 0 radical (unpaired) electrons. The van der Waals surface area contributed by atoms with Crippen LogP contribution in [0.2, 0.25) is 0 Å². The van der Waals surface area contributed by atoms with Gasteiger partial charge in [0.2, 0.25) is 0 Å². The Morgan fingerprint density at radius 2 is 2.00 bits per heavy atom. The van der Waals surface area contributed by atoms with Crippen LogP contribution in [0.3, 0.4) is 0 Å². The van der Waals surface area contributed by atoms with Crippen molar-refractivity contribution in [3.05, 3.63) is 18.1 Å². The van der Waals surface area contributed by atoms with Crippen LogP contribution in [-0.2, 0) is 0 Å². The summed E-state index contributed by atoms with van der Waals surface area (Å²) < 4.78 is 4.89. The third kappa shape index (κ3) is 2.61. The molecule has 1 rings (SSSR count). The van der Waals surface area contributed by atoms with Gasteiger partial charge in [-0.1, -0.05) is 13.8 Å². The van der Waals surface area contributed by atoms with Crippen LogP contribution in [0.1, 0.15) is 19.6 Å². The maximum atomic E-state index is 4.89. The number of hydrogen-bond donors (Lipinski definition) is 1. The van der Waals surface area contributed by atoms with Crippen LogP contribution in [-0.4, -0.2) is 0 Å². The molecule has 1 heterocycles. The number of hydrogen-bond acceptors (Lipinski definition) is 2. The van der Waals surface area contributed by atoms with Crippen LogP contribution in [0.4, 0.5) is 0 Å². The Morgan fingerprint density at radius 3 is 2.11 bits per heavy atom. The lowest BCUT2D eigenvalue weighted by Gasteiger charge is -1.78. The minimum Gasteiger partial charge on any atom is -0.468 e. The predicted molar refractivity (Wildman–Crippen MR) is 42.0 cm³/mol. The zero-order chi connectivity index (χ0) is 7.28. The van der Waals surface area contributed by atoms with Gasteiger partial charge in [0.15, 0.2) is 0 Å². The standard InChI is InChI=1S/C5H6OS.C2H6/c1-4-5(7)2-3-6-4;1-2/h2-3,7H,1H3;1-2H3. The topological polar surface area (TPSA) is 13.1 Å². The van der Waals surface area contributed by atoms with Gasteiger partial charge in [-0.05, 0) is 13.0 Å². The highest BCUT2D eigenvalue weighted by molar-refractivity contribution is 7.80. The van der Waals surface area contributed by atoms with Crippen molar-refractivity contribution in [3.8, 4) is 0 Å². The van der Waals surface area contributed by atoms with Crippen molar-refractivity contribution in [1.82, 2.24) is 0 Å². The molecule has 1 aromatic heterocycles. The van der Waals surface area contributed by atoms with Gasteiger partial charge in [0, 0.05) is 4.90 Å². The lowest BCUT2D eigenvalue weighted by molar-refractivity contribution is 0.527. The molecule has 0 spiro atoms. The zero-order valence-corrected chi connectivity index (χ0v) is 6.90.